The number of hydrogen-bond acceptors (Lipinski definition) is 6. The molecule has 3 aromatic rings. The number of amides is 1. The number of aryl methyl sites for hydroxylation is 1. The standard InChI is InChI=1S/C31H35Cl2NO7/c1-3-38-29(30(35)36)18-23-8-12-26(13-9-23)40-17-15-34(31(37)41-27-10-6-22(2)7-11-27)14-4-5-16-39-28-20-24(32)19-25(33)21-28/h6-13,19-21,29H,3-5,14-18H2,1-2H3,(H,35,36). The number of rotatable bonds is 16. The van der Waals surface area contributed by atoms with Gasteiger partial charge in [-0.15, -0.1) is 0 Å². The zero-order chi connectivity index (χ0) is 29.6. The van der Waals surface area contributed by atoms with Crippen LogP contribution in [-0.4, -0.2) is 61.1 Å². The molecule has 1 atom stereocenters. The third kappa shape index (κ3) is 11.5. The summed E-state index contributed by atoms with van der Waals surface area (Å²) in [6, 6.07) is 19.5. The average Bonchev–Trinajstić information content (AvgIpc) is 2.93. The van der Waals surface area contributed by atoms with Crippen LogP contribution in [0.25, 0.3) is 0 Å². The first-order valence-electron chi connectivity index (χ1n) is 13.4. The summed E-state index contributed by atoms with van der Waals surface area (Å²) < 4.78 is 22.5. The van der Waals surface area contributed by atoms with Gasteiger partial charge in [-0.05, 0) is 74.7 Å². The van der Waals surface area contributed by atoms with Gasteiger partial charge < -0.3 is 29.0 Å². The van der Waals surface area contributed by atoms with Gasteiger partial charge in [-0.1, -0.05) is 53.0 Å². The van der Waals surface area contributed by atoms with Crippen molar-refractivity contribution in [1.29, 1.82) is 0 Å². The molecule has 0 spiro atoms. The van der Waals surface area contributed by atoms with E-state index in [4.69, 9.17) is 42.1 Å². The molecule has 10 heteroatoms. The SMILES string of the molecule is CCOC(Cc1ccc(OCCN(CCCCOc2cc(Cl)cc(Cl)c2)C(=O)Oc2ccc(C)cc2)cc1)C(=O)O. The number of ether oxygens (including phenoxy) is 4. The van der Waals surface area contributed by atoms with Gasteiger partial charge in [-0.3, -0.25) is 0 Å². The van der Waals surface area contributed by atoms with Gasteiger partial charge in [-0.2, -0.15) is 0 Å². The molecule has 0 saturated carbocycles. The Morgan fingerprint density at radius 2 is 1.46 bits per heavy atom. The molecular formula is C31H35Cl2NO7. The van der Waals surface area contributed by atoms with Gasteiger partial charge in [-0.25, -0.2) is 9.59 Å². The maximum absolute atomic E-state index is 13.0. The Labute approximate surface area is 250 Å². The highest BCUT2D eigenvalue weighted by Crippen LogP contribution is 2.24. The van der Waals surface area contributed by atoms with Crippen molar-refractivity contribution in [2.24, 2.45) is 0 Å². The second-order valence-electron chi connectivity index (χ2n) is 9.31. The Hall–Kier alpha value is -3.46. The van der Waals surface area contributed by atoms with E-state index in [-0.39, 0.29) is 13.0 Å². The molecule has 3 aromatic carbocycles. The summed E-state index contributed by atoms with van der Waals surface area (Å²) in [5.74, 6) is 0.673. The van der Waals surface area contributed by atoms with Crippen LogP contribution in [0.4, 0.5) is 4.79 Å². The number of nitrogens with zero attached hydrogens (tertiary/aromatic N) is 1. The van der Waals surface area contributed by atoms with Crippen LogP contribution in [0.15, 0.2) is 66.7 Å². The number of carboxylic acid groups (broad SMARTS) is 1. The molecule has 0 aliphatic carbocycles. The Morgan fingerprint density at radius 1 is 0.829 bits per heavy atom. The smallest absolute Gasteiger partial charge is 0.415 e. The molecule has 0 fully saturated rings. The Kier molecular flexibility index (Phi) is 13.1. The van der Waals surface area contributed by atoms with E-state index >= 15 is 0 Å². The van der Waals surface area contributed by atoms with Crippen LogP contribution >= 0.6 is 23.2 Å². The van der Waals surface area contributed by atoms with Crippen LogP contribution in [0.3, 0.4) is 0 Å². The molecule has 0 heterocycles. The first kappa shape index (κ1) is 32.1. The molecule has 1 unspecified atom stereocenters. The highest BCUT2D eigenvalue weighted by atomic mass is 35.5. The fraction of sp³-hybridized carbons (Fsp3) is 0.355. The maximum Gasteiger partial charge on any atom is 0.415 e. The fourth-order valence-electron chi connectivity index (χ4n) is 3.90. The first-order chi connectivity index (χ1) is 19.7. The number of unbranched alkanes of at least 4 members (excludes halogenated alkanes) is 1. The summed E-state index contributed by atoms with van der Waals surface area (Å²) in [4.78, 5) is 25.9. The van der Waals surface area contributed by atoms with Crippen molar-refractivity contribution >= 4 is 35.3 Å². The molecule has 0 aliphatic heterocycles. The van der Waals surface area contributed by atoms with Crippen LogP contribution in [-0.2, 0) is 16.0 Å². The highest BCUT2D eigenvalue weighted by Gasteiger charge is 2.18. The molecule has 1 N–H and O–H groups in total. The molecule has 3 rings (SSSR count). The lowest BCUT2D eigenvalue weighted by molar-refractivity contribution is -0.149. The molecule has 220 valence electrons. The van der Waals surface area contributed by atoms with Gasteiger partial charge in [0.25, 0.3) is 0 Å². The quantitative estimate of drug-likeness (QED) is 0.175. The number of carboxylic acids is 1. The van der Waals surface area contributed by atoms with E-state index in [0.29, 0.717) is 66.4 Å². The summed E-state index contributed by atoms with van der Waals surface area (Å²) >= 11 is 12.0. The van der Waals surface area contributed by atoms with Crippen LogP contribution < -0.4 is 14.2 Å². The van der Waals surface area contributed by atoms with E-state index in [9.17, 15) is 14.7 Å². The van der Waals surface area contributed by atoms with Crippen molar-refractivity contribution < 1.29 is 33.6 Å². The Bertz CT molecular complexity index is 1230. The number of carbonyl (C=O) groups excluding carboxylic acids is 1. The van der Waals surface area contributed by atoms with Gasteiger partial charge in [0.1, 0.15) is 23.9 Å². The lowest BCUT2D eigenvalue weighted by Crippen LogP contribution is -2.37. The van der Waals surface area contributed by atoms with E-state index in [1.807, 2.05) is 19.1 Å². The normalized spacial score (nSPS) is 11.5. The molecule has 0 saturated heterocycles. The van der Waals surface area contributed by atoms with E-state index < -0.39 is 18.2 Å². The molecule has 1 amide bonds. The highest BCUT2D eigenvalue weighted by molar-refractivity contribution is 6.34. The zero-order valence-corrected chi connectivity index (χ0v) is 24.7. The van der Waals surface area contributed by atoms with E-state index in [2.05, 4.69) is 0 Å². The third-order valence-electron chi connectivity index (χ3n) is 6.03. The van der Waals surface area contributed by atoms with Crippen molar-refractivity contribution in [2.45, 2.75) is 39.2 Å². The second-order valence-corrected chi connectivity index (χ2v) is 10.2. The number of aliphatic carboxylic acids is 1. The summed E-state index contributed by atoms with van der Waals surface area (Å²) in [5.41, 5.74) is 1.89. The van der Waals surface area contributed by atoms with Gasteiger partial charge >= 0.3 is 12.1 Å². The Morgan fingerprint density at radius 3 is 2.10 bits per heavy atom. The fourth-order valence-corrected chi connectivity index (χ4v) is 4.41. The van der Waals surface area contributed by atoms with Crippen molar-refractivity contribution in [3.63, 3.8) is 0 Å². The number of carbonyl (C=O) groups is 2. The summed E-state index contributed by atoms with van der Waals surface area (Å²) in [6.07, 6.45) is 0.270. The van der Waals surface area contributed by atoms with Gasteiger partial charge in [0.05, 0.1) is 13.2 Å². The lowest BCUT2D eigenvalue weighted by Gasteiger charge is -2.22. The minimum absolute atomic E-state index is 0.247. The molecule has 0 bridgehead atoms. The molecular weight excluding hydrogens is 569 g/mol. The predicted molar refractivity (Wildman–Crippen MR) is 159 cm³/mol. The summed E-state index contributed by atoms with van der Waals surface area (Å²) in [6.45, 7) is 5.49. The minimum atomic E-state index is -0.995. The van der Waals surface area contributed by atoms with Gasteiger partial charge in [0.2, 0.25) is 0 Å². The van der Waals surface area contributed by atoms with Crippen LogP contribution in [0, 0.1) is 6.92 Å². The second kappa shape index (κ2) is 16.7. The number of halogens is 2. The van der Waals surface area contributed by atoms with Crippen molar-refractivity contribution in [2.75, 3.05) is 32.9 Å². The predicted octanol–water partition coefficient (Wildman–Crippen LogP) is 7.07. The topological polar surface area (TPSA) is 94.5 Å². The van der Waals surface area contributed by atoms with Gasteiger partial charge in [0.15, 0.2) is 6.10 Å². The average molecular weight is 605 g/mol. The molecule has 41 heavy (non-hydrogen) atoms. The van der Waals surface area contributed by atoms with Crippen LogP contribution in [0.5, 0.6) is 17.2 Å². The van der Waals surface area contributed by atoms with Crippen LogP contribution in [0.2, 0.25) is 10.0 Å². The van der Waals surface area contributed by atoms with Gasteiger partial charge in [0, 0.05) is 29.6 Å². The maximum atomic E-state index is 13.0. The monoisotopic (exact) mass is 603 g/mol. The minimum Gasteiger partial charge on any atom is -0.493 e. The number of benzene rings is 3. The largest absolute Gasteiger partial charge is 0.493 e. The first-order valence-corrected chi connectivity index (χ1v) is 14.2. The molecule has 0 aromatic heterocycles. The lowest BCUT2D eigenvalue weighted by atomic mass is 10.1. The Balaban J connectivity index is 1.52. The van der Waals surface area contributed by atoms with E-state index in [1.165, 1.54) is 0 Å². The molecule has 0 aliphatic rings. The van der Waals surface area contributed by atoms with Crippen LogP contribution in [0.1, 0.15) is 30.9 Å². The summed E-state index contributed by atoms with van der Waals surface area (Å²) in [5, 5.41) is 10.3. The zero-order valence-electron chi connectivity index (χ0n) is 23.2. The summed E-state index contributed by atoms with van der Waals surface area (Å²) in [7, 11) is 0. The third-order valence-corrected chi connectivity index (χ3v) is 6.47. The van der Waals surface area contributed by atoms with E-state index in [0.717, 1.165) is 11.1 Å². The van der Waals surface area contributed by atoms with E-state index in [1.54, 1.807) is 66.4 Å². The number of hydrogen-bond donors (Lipinski definition) is 1. The van der Waals surface area contributed by atoms with Crippen molar-refractivity contribution in [3.05, 3.63) is 87.9 Å². The van der Waals surface area contributed by atoms with Crippen molar-refractivity contribution in [3.8, 4) is 17.2 Å². The molecule has 0 radical (unpaired) electrons. The molecule has 8 nitrogen and oxygen atoms in total. The van der Waals surface area contributed by atoms with Crippen molar-refractivity contribution in [1.82, 2.24) is 4.90 Å².